The Hall–Kier alpha value is -2.87. The van der Waals surface area contributed by atoms with Crippen molar-refractivity contribution in [1.29, 1.82) is 5.26 Å². The topological polar surface area (TPSA) is 83.0 Å². The Morgan fingerprint density at radius 2 is 2.10 bits per heavy atom. The van der Waals surface area contributed by atoms with Gasteiger partial charge in [-0.15, -0.1) is 0 Å². The summed E-state index contributed by atoms with van der Waals surface area (Å²) in [5.41, 5.74) is 1.43. The molecule has 0 radical (unpaired) electrons. The number of ether oxygens (including phenoxy) is 1. The molecule has 100 valence electrons. The predicted molar refractivity (Wildman–Crippen MR) is 73.3 cm³/mol. The fourth-order valence-electron chi connectivity index (χ4n) is 1.92. The van der Waals surface area contributed by atoms with E-state index in [4.69, 9.17) is 10.00 Å². The summed E-state index contributed by atoms with van der Waals surface area (Å²) in [6.07, 6.45) is 0. The normalized spacial score (nSPS) is 9.85. The number of rotatable bonds is 2. The second kappa shape index (κ2) is 5.41. The number of pyridine rings is 1. The zero-order valence-electron chi connectivity index (χ0n) is 11.1. The molecule has 0 aliphatic heterocycles. The monoisotopic (exact) mass is 268 g/mol. The molecule has 1 aromatic heterocycles. The van der Waals surface area contributed by atoms with Crippen molar-refractivity contribution in [2.45, 2.75) is 13.8 Å². The van der Waals surface area contributed by atoms with Gasteiger partial charge in [-0.3, -0.25) is 9.59 Å². The minimum absolute atomic E-state index is 0.0376. The molecule has 0 fully saturated rings. The van der Waals surface area contributed by atoms with E-state index < -0.39 is 11.5 Å². The molecule has 0 aliphatic rings. The third-order valence-electron chi connectivity index (χ3n) is 2.69. The third-order valence-corrected chi connectivity index (χ3v) is 2.69. The highest BCUT2D eigenvalue weighted by Gasteiger charge is 2.11. The van der Waals surface area contributed by atoms with Gasteiger partial charge in [0.05, 0.1) is 0 Å². The van der Waals surface area contributed by atoms with Crippen LogP contribution in [0.4, 0.5) is 0 Å². The molecule has 5 nitrogen and oxygen atoms in total. The van der Waals surface area contributed by atoms with Crippen molar-refractivity contribution in [2.75, 3.05) is 0 Å². The highest BCUT2D eigenvalue weighted by Crippen LogP contribution is 2.25. The third kappa shape index (κ3) is 2.75. The standard InChI is InChI=1S/C15H12N2O3/c1-9-6-13(14(8-16)15(19)17-9)11-4-3-5-12(7-11)20-10(2)18/h3-7H,1-2H3,(H,17,19). The molecule has 0 bridgehead atoms. The van der Waals surface area contributed by atoms with Crippen molar-refractivity contribution in [3.05, 3.63) is 51.9 Å². The van der Waals surface area contributed by atoms with E-state index in [0.29, 0.717) is 22.6 Å². The van der Waals surface area contributed by atoms with Gasteiger partial charge in [0, 0.05) is 18.2 Å². The molecule has 0 spiro atoms. The number of carbonyl (C=O) groups excluding carboxylic acids is 1. The highest BCUT2D eigenvalue weighted by atomic mass is 16.5. The van der Waals surface area contributed by atoms with Crippen molar-refractivity contribution in [3.63, 3.8) is 0 Å². The summed E-state index contributed by atoms with van der Waals surface area (Å²) >= 11 is 0. The van der Waals surface area contributed by atoms with E-state index in [2.05, 4.69) is 4.98 Å². The number of nitrogens with zero attached hydrogens (tertiary/aromatic N) is 1. The summed E-state index contributed by atoms with van der Waals surface area (Å²) in [7, 11) is 0. The van der Waals surface area contributed by atoms with E-state index in [1.54, 1.807) is 37.3 Å². The van der Waals surface area contributed by atoms with Crippen LogP contribution in [0, 0.1) is 18.3 Å². The van der Waals surface area contributed by atoms with Gasteiger partial charge in [0.25, 0.3) is 5.56 Å². The fraction of sp³-hybridized carbons (Fsp3) is 0.133. The number of hydrogen-bond acceptors (Lipinski definition) is 4. The summed E-state index contributed by atoms with van der Waals surface area (Å²) in [5, 5.41) is 9.11. The van der Waals surface area contributed by atoms with Gasteiger partial charge in [-0.25, -0.2) is 0 Å². The minimum atomic E-state index is -0.430. The van der Waals surface area contributed by atoms with Gasteiger partial charge >= 0.3 is 5.97 Å². The van der Waals surface area contributed by atoms with E-state index in [0.717, 1.165) is 0 Å². The van der Waals surface area contributed by atoms with Crippen molar-refractivity contribution >= 4 is 5.97 Å². The molecular formula is C15H12N2O3. The first kappa shape index (κ1) is 13.6. The zero-order chi connectivity index (χ0) is 14.7. The Labute approximate surface area is 115 Å². The van der Waals surface area contributed by atoms with Crippen LogP contribution >= 0.6 is 0 Å². The lowest BCUT2D eigenvalue weighted by molar-refractivity contribution is -0.131. The zero-order valence-corrected chi connectivity index (χ0v) is 11.1. The SMILES string of the molecule is CC(=O)Oc1cccc(-c2cc(C)[nH]c(=O)c2C#N)c1. The molecule has 1 aromatic carbocycles. The van der Waals surface area contributed by atoms with Crippen molar-refractivity contribution < 1.29 is 9.53 Å². The molecule has 0 aliphatic carbocycles. The Balaban J connectivity index is 2.60. The van der Waals surface area contributed by atoms with E-state index in [1.165, 1.54) is 6.92 Å². The Kier molecular flexibility index (Phi) is 3.67. The first-order chi connectivity index (χ1) is 9.51. The Morgan fingerprint density at radius 1 is 1.35 bits per heavy atom. The number of aryl methyl sites for hydroxylation is 1. The maximum atomic E-state index is 11.8. The number of aromatic nitrogens is 1. The molecule has 0 saturated carbocycles. The predicted octanol–water partition coefficient (Wildman–Crippen LogP) is 2.15. The number of nitrogens with one attached hydrogen (secondary N) is 1. The Bertz CT molecular complexity index is 769. The lowest BCUT2D eigenvalue weighted by Gasteiger charge is -2.07. The number of esters is 1. The molecule has 0 atom stereocenters. The van der Waals surface area contributed by atoms with Gasteiger partial charge in [0.1, 0.15) is 17.4 Å². The quantitative estimate of drug-likeness (QED) is 0.668. The van der Waals surface area contributed by atoms with Gasteiger partial charge in [0.2, 0.25) is 0 Å². The van der Waals surface area contributed by atoms with Gasteiger partial charge in [-0.1, -0.05) is 12.1 Å². The van der Waals surface area contributed by atoms with Gasteiger partial charge in [-0.05, 0) is 30.7 Å². The van der Waals surface area contributed by atoms with Crippen LogP contribution in [0.2, 0.25) is 0 Å². The van der Waals surface area contributed by atoms with Crippen LogP contribution in [0.5, 0.6) is 5.75 Å². The first-order valence-corrected chi connectivity index (χ1v) is 5.94. The summed E-state index contributed by atoms with van der Waals surface area (Å²) < 4.78 is 5.00. The average Bonchev–Trinajstić information content (AvgIpc) is 2.37. The van der Waals surface area contributed by atoms with Gasteiger partial charge in [0.15, 0.2) is 0 Å². The summed E-state index contributed by atoms with van der Waals surface area (Å²) in [6.45, 7) is 3.05. The minimum Gasteiger partial charge on any atom is -0.427 e. The smallest absolute Gasteiger partial charge is 0.308 e. The summed E-state index contributed by atoms with van der Waals surface area (Å²) in [5.74, 6) is -0.0541. The van der Waals surface area contributed by atoms with Crippen molar-refractivity contribution in [3.8, 4) is 22.9 Å². The maximum Gasteiger partial charge on any atom is 0.308 e. The van der Waals surface area contributed by atoms with E-state index in [1.807, 2.05) is 6.07 Å². The van der Waals surface area contributed by atoms with Crippen LogP contribution in [-0.2, 0) is 4.79 Å². The maximum absolute atomic E-state index is 11.8. The van der Waals surface area contributed by atoms with Crippen LogP contribution in [0.15, 0.2) is 35.1 Å². The van der Waals surface area contributed by atoms with Crippen LogP contribution in [0.1, 0.15) is 18.2 Å². The summed E-state index contributed by atoms with van der Waals surface area (Å²) in [6, 6.07) is 10.3. The first-order valence-electron chi connectivity index (χ1n) is 5.94. The van der Waals surface area contributed by atoms with Crippen molar-refractivity contribution in [2.24, 2.45) is 0 Å². The van der Waals surface area contributed by atoms with Crippen LogP contribution in [0.3, 0.4) is 0 Å². The second-order valence-corrected chi connectivity index (χ2v) is 4.30. The second-order valence-electron chi connectivity index (χ2n) is 4.30. The molecular weight excluding hydrogens is 256 g/mol. The molecule has 1 heterocycles. The number of aromatic amines is 1. The number of hydrogen-bond donors (Lipinski definition) is 1. The number of carbonyl (C=O) groups is 1. The number of benzene rings is 1. The van der Waals surface area contributed by atoms with Crippen molar-refractivity contribution in [1.82, 2.24) is 4.98 Å². The van der Waals surface area contributed by atoms with Gasteiger partial charge < -0.3 is 9.72 Å². The highest BCUT2D eigenvalue weighted by molar-refractivity contribution is 5.73. The molecule has 2 aromatic rings. The van der Waals surface area contributed by atoms with E-state index >= 15 is 0 Å². The lowest BCUT2D eigenvalue weighted by atomic mass is 10.0. The Morgan fingerprint density at radius 3 is 2.75 bits per heavy atom. The molecule has 0 amide bonds. The van der Waals surface area contributed by atoms with Crippen LogP contribution in [0.25, 0.3) is 11.1 Å². The number of H-pyrrole nitrogens is 1. The largest absolute Gasteiger partial charge is 0.427 e. The average molecular weight is 268 g/mol. The molecule has 0 unspecified atom stereocenters. The van der Waals surface area contributed by atoms with Crippen LogP contribution < -0.4 is 10.3 Å². The molecule has 5 heteroatoms. The molecule has 1 N–H and O–H groups in total. The molecule has 0 saturated heterocycles. The summed E-state index contributed by atoms with van der Waals surface area (Å²) in [4.78, 5) is 25.3. The molecule has 2 rings (SSSR count). The fourth-order valence-corrected chi connectivity index (χ4v) is 1.92. The molecule has 20 heavy (non-hydrogen) atoms. The van der Waals surface area contributed by atoms with Gasteiger partial charge in [-0.2, -0.15) is 5.26 Å². The van der Waals surface area contributed by atoms with E-state index in [9.17, 15) is 9.59 Å². The van der Waals surface area contributed by atoms with E-state index in [-0.39, 0.29) is 5.56 Å². The lowest BCUT2D eigenvalue weighted by Crippen LogP contribution is -2.12. The number of nitriles is 1. The van der Waals surface area contributed by atoms with Crippen LogP contribution in [-0.4, -0.2) is 11.0 Å².